The highest BCUT2D eigenvalue weighted by Gasteiger charge is 2.24. The van der Waals surface area contributed by atoms with E-state index in [0.29, 0.717) is 0 Å². The maximum absolute atomic E-state index is 13.5. The fourth-order valence-corrected chi connectivity index (χ4v) is 6.21. The Kier molecular flexibility index (Phi) is 6.73. The van der Waals surface area contributed by atoms with Gasteiger partial charge in [0.2, 0.25) is 0 Å². The van der Waals surface area contributed by atoms with Gasteiger partial charge in [-0.1, -0.05) is 38.8 Å². The summed E-state index contributed by atoms with van der Waals surface area (Å²) in [5.41, 5.74) is 5.41. The van der Waals surface area contributed by atoms with Gasteiger partial charge in [0.25, 0.3) is 5.91 Å². The average molecular weight is 474 g/mol. The van der Waals surface area contributed by atoms with Crippen molar-refractivity contribution in [3.05, 3.63) is 70.7 Å². The van der Waals surface area contributed by atoms with Crippen LogP contribution in [-0.2, 0) is 4.79 Å². The molecule has 2 aromatic rings. The van der Waals surface area contributed by atoms with Crippen molar-refractivity contribution in [1.82, 2.24) is 14.8 Å². The molecule has 0 bridgehead atoms. The highest BCUT2D eigenvalue weighted by molar-refractivity contribution is 7.18. The zero-order valence-electron chi connectivity index (χ0n) is 20.6. The molecule has 4 heterocycles. The number of benzene rings is 1. The SMILES string of the molecule is Cc1nc2ccc(C3=CC(=O)N4C=C(N5CCCCC(C)CCC5)C=CC4=CCC3C)cc2s1. The zero-order valence-corrected chi connectivity index (χ0v) is 21.4. The minimum absolute atomic E-state index is 0.0353. The van der Waals surface area contributed by atoms with Crippen LogP contribution in [0.25, 0.3) is 15.8 Å². The van der Waals surface area contributed by atoms with E-state index >= 15 is 0 Å². The second-order valence-electron chi connectivity index (χ2n) is 10.1. The van der Waals surface area contributed by atoms with Crippen LogP contribution < -0.4 is 0 Å². The number of hydrogen-bond acceptors (Lipinski definition) is 4. The van der Waals surface area contributed by atoms with Crippen LogP contribution in [-0.4, -0.2) is 33.8 Å². The Balaban J connectivity index is 1.43. The molecule has 1 saturated heterocycles. The van der Waals surface area contributed by atoms with Crippen molar-refractivity contribution in [2.75, 3.05) is 13.1 Å². The third kappa shape index (κ3) is 4.90. The molecule has 1 fully saturated rings. The quantitative estimate of drug-likeness (QED) is 0.469. The molecule has 178 valence electrons. The molecular formula is C29H35N3OS. The molecule has 4 nitrogen and oxygen atoms in total. The second kappa shape index (κ2) is 9.91. The number of amides is 1. The molecule has 34 heavy (non-hydrogen) atoms. The van der Waals surface area contributed by atoms with E-state index in [0.717, 1.165) is 58.5 Å². The largest absolute Gasteiger partial charge is 0.370 e. The third-order valence-corrected chi connectivity index (χ3v) is 8.32. The Hall–Kier alpha value is -2.66. The number of hydrogen-bond donors (Lipinski definition) is 0. The first-order valence-electron chi connectivity index (χ1n) is 12.8. The van der Waals surface area contributed by atoms with E-state index < -0.39 is 0 Å². The Bertz CT molecular complexity index is 1200. The number of aromatic nitrogens is 1. The Morgan fingerprint density at radius 3 is 2.71 bits per heavy atom. The van der Waals surface area contributed by atoms with Gasteiger partial charge in [0.15, 0.2) is 0 Å². The lowest BCUT2D eigenvalue weighted by atomic mass is 9.89. The average Bonchev–Trinajstić information content (AvgIpc) is 3.24. The summed E-state index contributed by atoms with van der Waals surface area (Å²) in [6, 6.07) is 6.40. The normalized spacial score (nSPS) is 24.3. The summed E-state index contributed by atoms with van der Waals surface area (Å²) in [6.45, 7) is 8.76. The molecule has 1 aromatic carbocycles. The van der Waals surface area contributed by atoms with Crippen LogP contribution in [0.3, 0.4) is 0 Å². The second-order valence-corrected chi connectivity index (χ2v) is 11.3. The summed E-state index contributed by atoms with van der Waals surface area (Å²) < 4.78 is 1.18. The smallest absolute Gasteiger partial charge is 0.255 e. The van der Waals surface area contributed by atoms with Gasteiger partial charge in [-0.05, 0) is 79.9 Å². The number of allylic oxidation sites excluding steroid dienone is 4. The molecule has 5 heteroatoms. The molecule has 2 unspecified atom stereocenters. The van der Waals surface area contributed by atoms with Crippen LogP contribution in [0, 0.1) is 18.8 Å². The minimum atomic E-state index is 0.0353. The van der Waals surface area contributed by atoms with Gasteiger partial charge in [-0.15, -0.1) is 11.3 Å². The van der Waals surface area contributed by atoms with E-state index in [4.69, 9.17) is 0 Å². The Morgan fingerprint density at radius 1 is 1.03 bits per heavy atom. The maximum Gasteiger partial charge on any atom is 0.255 e. The summed E-state index contributed by atoms with van der Waals surface area (Å²) in [5, 5.41) is 1.07. The maximum atomic E-state index is 13.5. The van der Waals surface area contributed by atoms with Crippen molar-refractivity contribution in [2.24, 2.45) is 11.8 Å². The van der Waals surface area contributed by atoms with Crippen molar-refractivity contribution in [1.29, 1.82) is 0 Å². The first-order chi connectivity index (χ1) is 16.5. The molecule has 2 atom stereocenters. The van der Waals surface area contributed by atoms with Crippen molar-refractivity contribution in [3.63, 3.8) is 0 Å². The highest BCUT2D eigenvalue weighted by atomic mass is 32.1. The highest BCUT2D eigenvalue weighted by Crippen LogP contribution is 2.34. The minimum Gasteiger partial charge on any atom is -0.370 e. The lowest BCUT2D eigenvalue weighted by molar-refractivity contribution is -0.122. The van der Waals surface area contributed by atoms with Gasteiger partial charge >= 0.3 is 0 Å². The van der Waals surface area contributed by atoms with E-state index in [1.165, 1.54) is 36.8 Å². The number of carbonyl (C=O) groups is 1. The van der Waals surface area contributed by atoms with Crippen molar-refractivity contribution in [2.45, 2.75) is 59.3 Å². The molecule has 0 spiro atoms. The topological polar surface area (TPSA) is 36.4 Å². The summed E-state index contributed by atoms with van der Waals surface area (Å²) in [4.78, 5) is 22.5. The van der Waals surface area contributed by atoms with Crippen molar-refractivity contribution in [3.8, 4) is 0 Å². The monoisotopic (exact) mass is 473 g/mol. The van der Waals surface area contributed by atoms with E-state index in [1.54, 1.807) is 11.3 Å². The molecule has 0 radical (unpaired) electrons. The molecule has 1 aromatic heterocycles. The fourth-order valence-electron chi connectivity index (χ4n) is 5.34. The van der Waals surface area contributed by atoms with E-state index in [2.05, 4.69) is 66.4 Å². The number of fused-ring (bicyclic) bond motifs is 2. The first kappa shape index (κ1) is 23.1. The van der Waals surface area contributed by atoms with Gasteiger partial charge in [-0.3, -0.25) is 9.69 Å². The van der Waals surface area contributed by atoms with Crippen LogP contribution >= 0.6 is 11.3 Å². The standard InChI is InChI=1S/C29H35N3OS/c1-20-7-4-5-15-31(16-6-8-20)25-13-12-24-11-9-21(2)26(18-29(33)32(24)19-25)23-10-14-27-28(17-23)34-22(3)30-27/h10-14,17-21H,4-9,15-16H2,1-3H3. The van der Waals surface area contributed by atoms with Gasteiger partial charge in [-0.25, -0.2) is 4.98 Å². The van der Waals surface area contributed by atoms with Crippen LogP contribution in [0.15, 0.2) is 60.1 Å². The molecule has 3 aliphatic rings. The van der Waals surface area contributed by atoms with E-state index in [9.17, 15) is 4.79 Å². The summed E-state index contributed by atoms with van der Waals surface area (Å²) in [6.07, 6.45) is 17.7. The Morgan fingerprint density at radius 2 is 1.82 bits per heavy atom. The van der Waals surface area contributed by atoms with Crippen LogP contribution in [0.5, 0.6) is 0 Å². The van der Waals surface area contributed by atoms with Crippen LogP contribution in [0.4, 0.5) is 0 Å². The number of carbonyl (C=O) groups excluding carboxylic acids is 1. The molecule has 0 saturated carbocycles. The van der Waals surface area contributed by atoms with Gasteiger partial charge in [0, 0.05) is 31.1 Å². The summed E-state index contributed by atoms with van der Waals surface area (Å²) in [7, 11) is 0. The van der Waals surface area contributed by atoms with Gasteiger partial charge in [0.05, 0.1) is 20.9 Å². The summed E-state index contributed by atoms with van der Waals surface area (Å²) in [5.74, 6) is 1.12. The third-order valence-electron chi connectivity index (χ3n) is 7.39. The number of aryl methyl sites for hydroxylation is 1. The van der Waals surface area contributed by atoms with Crippen molar-refractivity contribution >= 4 is 33.0 Å². The predicted molar refractivity (Wildman–Crippen MR) is 142 cm³/mol. The van der Waals surface area contributed by atoms with Gasteiger partial charge in [-0.2, -0.15) is 0 Å². The predicted octanol–water partition coefficient (Wildman–Crippen LogP) is 7.05. The molecule has 0 aliphatic carbocycles. The molecule has 3 aliphatic heterocycles. The molecular weight excluding hydrogens is 438 g/mol. The molecule has 1 amide bonds. The van der Waals surface area contributed by atoms with E-state index in [1.807, 2.05) is 17.9 Å². The Labute approximate surface area is 207 Å². The number of thiazole rings is 1. The lowest BCUT2D eigenvalue weighted by Crippen LogP contribution is -2.32. The lowest BCUT2D eigenvalue weighted by Gasteiger charge is -2.32. The van der Waals surface area contributed by atoms with Gasteiger partial charge < -0.3 is 4.90 Å². The van der Waals surface area contributed by atoms with Crippen LogP contribution in [0.2, 0.25) is 0 Å². The van der Waals surface area contributed by atoms with Crippen molar-refractivity contribution < 1.29 is 4.79 Å². The first-order valence-corrected chi connectivity index (χ1v) is 13.6. The van der Waals surface area contributed by atoms with Crippen LogP contribution in [0.1, 0.15) is 62.9 Å². The molecule has 0 N–H and O–H groups in total. The number of nitrogens with zero attached hydrogens (tertiary/aromatic N) is 3. The summed E-state index contributed by atoms with van der Waals surface area (Å²) >= 11 is 1.71. The van der Waals surface area contributed by atoms with Gasteiger partial charge in [0.1, 0.15) is 0 Å². The van der Waals surface area contributed by atoms with E-state index in [-0.39, 0.29) is 11.8 Å². The fraction of sp³-hybridized carbons (Fsp3) is 0.448. The molecule has 5 rings (SSSR count). The number of rotatable bonds is 2. The zero-order chi connectivity index (χ0) is 23.7.